The van der Waals surface area contributed by atoms with E-state index in [-0.39, 0.29) is 5.82 Å². The fourth-order valence-corrected chi connectivity index (χ4v) is 2.93. The van der Waals surface area contributed by atoms with Gasteiger partial charge in [-0.25, -0.2) is 9.37 Å². The van der Waals surface area contributed by atoms with Crippen LogP contribution in [0.1, 0.15) is 38.1 Å². The van der Waals surface area contributed by atoms with Crippen molar-refractivity contribution in [3.63, 3.8) is 0 Å². The molecule has 0 spiro atoms. The first-order valence-corrected chi connectivity index (χ1v) is 7.37. The van der Waals surface area contributed by atoms with Crippen LogP contribution in [0.2, 0.25) is 5.02 Å². The quantitative estimate of drug-likeness (QED) is 0.870. The number of aromatic nitrogens is 2. The third kappa shape index (κ3) is 2.80. The van der Waals surface area contributed by atoms with Crippen molar-refractivity contribution >= 4 is 23.2 Å². The van der Waals surface area contributed by atoms with Crippen molar-refractivity contribution in [2.24, 2.45) is 0 Å². The van der Waals surface area contributed by atoms with Crippen LogP contribution in [0.4, 0.5) is 16.0 Å². The van der Waals surface area contributed by atoms with Gasteiger partial charge in [-0.2, -0.15) is 0 Å². The van der Waals surface area contributed by atoms with Crippen LogP contribution in [0.15, 0.2) is 30.6 Å². The summed E-state index contributed by atoms with van der Waals surface area (Å²) in [6, 6.07) is 5.07. The highest BCUT2D eigenvalue weighted by Crippen LogP contribution is 2.31. The third-order valence-corrected chi connectivity index (χ3v) is 4.05. The number of hydrogen-bond acceptors (Lipinski definition) is 2. The molecule has 20 heavy (non-hydrogen) atoms. The summed E-state index contributed by atoms with van der Waals surface area (Å²) in [5, 5.41) is 3.46. The molecule has 1 aromatic heterocycles. The molecule has 0 radical (unpaired) electrons. The predicted molar refractivity (Wildman–Crippen MR) is 79.0 cm³/mol. The van der Waals surface area contributed by atoms with Crippen molar-refractivity contribution in [3.8, 4) is 0 Å². The molecular formula is C15H17ClFN3. The molecule has 3 nitrogen and oxygen atoms in total. The van der Waals surface area contributed by atoms with Crippen molar-refractivity contribution < 1.29 is 4.39 Å². The first kappa shape index (κ1) is 13.4. The van der Waals surface area contributed by atoms with Crippen LogP contribution in [-0.2, 0) is 0 Å². The van der Waals surface area contributed by atoms with Crippen LogP contribution in [0.25, 0.3) is 0 Å². The average Bonchev–Trinajstić information content (AvgIpc) is 2.91. The van der Waals surface area contributed by atoms with E-state index in [9.17, 15) is 4.39 Å². The summed E-state index contributed by atoms with van der Waals surface area (Å²) >= 11 is 5.76. The van der Waals surface area contributed by atoms with E-state index in [2.05, 4.69) is 14.9 Å². The average molecular weight is 294 g/mol. The maximum absolute atomic E-state index is 13.8. The molecular weight excluding hydrogens is 277 g/mol. The van der Waals surface area contributed by atoms with Gasteiger partial charge in [0.1, 0.15) is 5.82 Å². The molecule has 3 rings (SSSR count). The zero-order valence-corrected chi connectivity index (χ0v) is 11.9. The van der Waals surface area contributed by atoms with Crippen LogP contribution in [0.3, 0.4) is 0 Å². The van der Waals surface area contributed by atoms with Gasteiger partial charge in [-0.15, -0.1) is 0 Å². The summed E-state index contributed by atoms with van der Waals surface area (Å²) in [4.78, 5) is 4.30. The minimum atomic E-state index is -0.365. The number of nitrogens with zero attached hydrogens (tertiary/aromatic N) is 2. The second-order valence-corrected chi connectivity index (χ2v) is 5.64. The Kier molecular flexibility index (Phi) is 3.92. The molecule has 0 amide bonds. The number of imidazole rings is 1. The molecule has 0 saturated heterocycles. The fourth-order valence-electron chi connectivity index (χ4n) is 2.78. The first-order valence-electron chi connectivity index (χ1n) is 6.99. The summed E-state index contributed by atoms with van der Waals surface area (Å²) in [7, 11) is 0. The van der Waals surface area contributed by atoms with Crippen molar-refractivity contribution in [1.82, 2.24) is 9.55 Å². The van der Waals surface area contributed by atoms with E-state index in [4.69, 9.17) is 11.6 Å². The van der Waals surface area contributed by atoms with Crippen molar-refractivity contribution in [3.05, 3.63) is 41.4 Å². The first-order chi connectivity index (χ1) is 9.74. The van der Waals surface area contributed by atoms with Crippen molar-refractivity contribution in [1.29, 1.82) is 0 Å². The van der Waals surface area contributed by atoms with Crippen LogP contribution < -0.4 is 5.32 Å². The predicted octanol–water partition coefficient (Wildman–Crippen LogP) is 4.92. The van der Waals surface area contributed by atoms with E-state index >= 15 is 0 Å². The lowest BCUT2D eigenvalue weighted by Crippen LogP contribution is -2.14. The molecule has 0 bridgehead atoms. The Balaban J connectivity index is 1.82. The van der Waals surface area contributed by atoms with Crippen molar-refractivity contribution in [2.75, 3.05) is 5.32 Å². The Hall–Kier alpha value is -1.55. The molecule has 1 saturated carbocycles. The molecule has 1 N–H and O–H groups in total. The van der Waals surface area contributed by atoms with E-state index in [1.54, 1.807) is 18.3 Å². The van der Waals surface area contributed by atoms with E-state index in [0.29, 0.717) is 22.7 Å². The Morgan fingerprint density at radius 1 is 1.25 bits per heavy atom. The normalized spacial score (nSPS) is 16.3. The SMILES string of the molecule is Fc1cc(Cl)ccc1Nc1nccn1C1CCCCC1. The molecule has 0 atom stereocenters. The maximum Gasteiger partial charge on any atom is 0.207 e. The van der Waals surface area contributed by atoms with Crippen LogP contribution in [-0.4, -0.2) is 9.55 Å². The summed E-state index contributed by atoms with van der Waals surface area (Å²) in [6.07, 6.45) is 9.84. The lowest BCUT2D eigenvalue weighted by atomic mass is 9.95. The standard InChI is InChI=1S/C15H17ClFN3/c16-11-6-7-14(13(17)10-11)19-15-18-8-9-20(15)12-4-2-1-3-5-12/h6-10,12H,1-5H2,(H,18,19). The molecule has 5 heteroatoms. The molecule has 1 fully saturated rings. The fraction of sp³-hybridized carbons (Fsp3) is 0.400. The van der Waals surface area contributed by atoms with Crippen molar-refractivity contribution in [2.45, 2.75) is 38.1 Å². The molecule has 0 unspecified atom stereocenters. The molecule has 1 aliphatic carbocycles. The Morgan fingerprint density at radius 2 is 2.05 bits per heavy atom. The van der Waals surface area contributed by atoms with Crippen LogP contribution in [0, 0.1) is 5.82 Å². The number of anilines is 2. The molecule has 1 aromatic carbocycles. The minimum Gasteiger partial charge on any atom is -0.323 e. The molecule has 2 aromatic rings. The molecule has 1 aliphatic rings. The summed E-state index contributed by atoms with van der Waals surface area (Å²) < 4.78 is 16.0. The van der Waals surface area contributed by atoms with Gasteiger partial charge in [-0.1, -0.05) is 30.9 Å². The van der Waals surface area contributed by atoms with Gasteiger partial charge >= 0.3 is 0 Å². The van der Waals surface area contributed by atoms with Crippen LogP contribution in [0.5, 0.6) is 0 Å². The van der Waals surface area contributed by atoms with E-state index in [1.807, 2.05) is 6.20 Å². The highest BCUT2D eigenvalue weighted by molar-refractivity contribution is 6.30. The van der Waals surface area contributed by atoms with E-state index < -0.39 is 0 Å². The summed E-state index contributed by atoms with van der Waals surface area (Å²) in [5.74, 6) is 0.328. The maximum atomic E-state index is 13.8. The summed E-state index contributed by atoms with van der Waals surface area (Å²) in [5.41, 5.74) is 0.401. The Bertz CT molecular complexity index is 591. The highest BCUT2D eigenvalue weighted by Gasteiger charge is 2.18. The van der Waals surface area contributed by atoms with Gasteiger partial charge in [-0.3, -0.25) is 0 Å². The number of halogens is 2. The monoisotopic (exact) mass is 293 g/mol. The summed E-state index contributed by atoms with van der Waals surface area (Å²) in [6.45, 7) is 0. The number of hydrogen-bond donors (Lipinski definition) is 1. The highest BCUT2D eigenvalue weighted by atomic mass is 35.5. The number of benzene rings is 1. The lowest BCUT2D eigenvalue weighted by molar-refractivity contribution is 0.356. The number of nitrogens with one attached hydrogen (secondary N) is 1. The third-order valence-electron chi connectivity index (χ3n) is 3.81. The molecule has 1 heterocycles. The van der Waals surface area contributed by atoms with E-state index in [0.717, 1.165) is 12.8 Å². The Labute approximate surface area is 122 Å². The molecule has 0 aliphatic heterocycles. The minimum absolute atomic E-state index is 0.365. The van der Waals surface area contributed by atoms with Gasteiger partial charge in [0.05, 0.1) is 5.69 Å². The Morgan fingerprint density at radius 3 is 2.80 bits per heavy atom. The topological polar surface area (TPSA) is 29.9 Å². The zero-order chi connectivity index (χ0) is 13.9. The van der Waals surface area contributed by atoms with Gasteiger partial charge in [0, 0.05) is 23.5 Å². The lowest BCUT2D eigenvalue weighted by Gasteiger charge is -2.24. The molecule has 106 valence electrons. The largest absolute Gasteiger partial charge is 0.323 e. The van der Waals surface area contributed by atoms with Crippen LogP contribution >= 0.6 is 11.6 Å². The smallest absolute Gasteiger partial charge is 0.207 e. The zero-order valence-electron chi connectivity index (χ0n) is 11.1. The van der Waals surface area contributed by atoms with E-state index in [1.165, 1.54) is 25.3 Å². The second kappa shape index (κ2) is 5.83. The second-order valence-electron chi connectivity index (χ2n) is 5.20. The van der Waals surface area contributed by atoms with Gasteiger partial charge in [0.2, 0.25) is 5.95 Å². The van der Waals surface area contributed by atoms with Gasteiger partial charge in [-0.05, 0) is 31.0 Å². The van der Waals surface area contributed by atoms with Gasteiger partial charge < -0.3 is 9.88 Å². The van der Waals surface area contributed by atoms with Gasteiger partial charge in [0.25, 0.3) is 0 Å². The number of rotatable bonds is 3. The van der Waals surface area contributed by atoms with Gasteiger partial charge in [0.15, 0.2) is 0 Å².